The molecule has 0 amide bonds. The van der Waals surface area contributed by atoms with Gasteiger partial charge in [0, 0.05) is 6.54 Å². The Hall–Kier alpha value is -2.01. The Bertz CT molecular complexity index is 613. The van der Waals surface area contributed by atoms with Crippen molar-refractivity contribution in [2.75, 3.05) is 18.5 Å². The van der Waals surface area contributed by atoms with Crippen molar-refractivity contribution < 1.29 is 4.74 Å². The Labute approximate surface area is 115 Å². The van der Waals surface area contributed by atoms with Gasteiger partial charge in [0.25, 0.3) is 5.56 Å². The molecule has 1 aromatic carbocycles. The second kappa shape index (κ2) is 6.24. The maximum atomic E-state index is 11.2. The van der Waals surface area contributed by atoms with E-state index in [1.807, 2.05) is 31.2 Å². The molecule has 19 heavy (non-hydrogen) atoms. The van der Waals surface area contributed by atoms with Gasteiger partial charge in [-0.15, -0.1) is 0 Å². The van der Waals surface area contributed by atoms with Crippen LogP contribution in [0.5, 0.6) is 5.75 Å². The highest BCUT2D eigenvalue weighted by molar-refractivity contribution is 6.32. The molecule has 0 atom stereocenters. The van der Waals surface area contributed by atoms with E-state index in [2.05, 4.69) is 15.5 Å². The lowest BCUT2D eigenvalue weighted by atomic mass is 10.2. The number of nitrogens with zero attached hydrogens (tertiary/aromatic N) is 1. The van der Waals surface area contributed by atoms with E-state index in [0.717, 1.165) is 11.3 Å². The number of rotatable bonds is 5. The van der Waals surface area contributed by atoms with E-state index >= 15 is 0 Å². The van der Waals surface area contributed by atoms with Crippen LogP contribution in [0.1, 0.15) is 5.56 Å². The summed E-state index contributed by atoms with van der Waals surface area (Å²) in [4.78, 5) is 11.2. The quantitative estimate of drug-likeness (QED) is 0.824. The van der Waals surface area contributed by atoms with E-state index in [1.54, 1.807) is 0 Å². The van der Waals surface area contributed by atoms with Crippen LogP contribution in [0, 0.1) is 6.92 Å². The molecule has 5 nitrogen and oxygen atoms in total. The fourth-order valence-electron chi connectivity index (χ4n) is 1.57. The molecule has 1 heterocycles. The van der Waals surface area contributed by atoms with E-state index in [4.69, 9.17) is 16.3 Å². The van der Waals surface area contributed by atoms with Gasteiger partial charge in [-0.3, -0.25) is 4.79 Å². The average molecular weight is 280 g/mol. The molecule has 2 N–H and O–H groups in total. The van der Waals surface area contributed by atoms with Crippen LogP contribution in [0.4, 0.5) is 5.69 Å². The smallest absolute Gasteiger partial charge is 0.285 e. The van der Waals surface area contributed by atoms with Crippen molar-refractivity contribution in [2.24, 2.45) is 0 Å². The molecule has 0 spiro atoms. The van der Waals surface area contributed by atoms with E-state index in [1.165, 1.54) is 6.20 Å². The van der Waals surface area contributed by atoms with E-state index < -0.39 is 5.56 Å². The van der Waals surface area contributed by atoms with Crippen molar-refractivity contribution in [3.63, 3.8) is 0 Å². The predicted molar refractivity (Wildman–Crippen MR) is 75.0 cm³/mol. The number of aromatic amines is 1. The first-order valence-electron chi connectivity index (χ1n) is 5.83. The van der Waals surface area contributed by atoms with Gasteiger partial charge in [0.05, 0.1) is 11.9 Å². The Balaban J connectivity index is 1.84. The number of halogens is 1. The van der Waals surface area contributed by atoms with E-state index in [-0.39, 0.29) is 5.02 Å². The molecule has 0 saturated carbocycles. The van der Waals surface area contributed by atoms with Crippen LogP contribution < -0.4 is 15.6 Å². The maximum absolute atomic E-state index is 11.2. The molecule has 0 aliphatic heterocycles. The maximum Gasteiger partial charge on any atom is 0.285 e. The first-order chi connectivity index (χ1) is 9.16. The molecule has 0 bridgehead atoms. The molecule has 0 radical (unpaired) electrons. The van der Waals surface area contributed by atoms with Gasteiger partial charge in [0.1, 0.15) is 17.4 Å². The molecule has 100 valence electrons. The summed E-state index contributed by atoms with van der Waals surface area (Å²) < 4.78 is 5.57. The summed E-state index contributed by atoms with van der Waals surface area (Å²) in [6, 6.07) is 7.80. The van der Waals surface area contributed by atoms with Crippen LogP contribution in [0.15, 0.2) is 35.3 Å². The van der Waals surface area contributed by atoms with Gasteiger partial charge in [0.15, 0.2) is 0 Å². The Morgan fingerprint density at radius 2 is 2.32 bits per heavy atom. The molecule has 0 fully saturated rings. The largest absolute Gasteiger partial charge is 0.492 e. The minimum Gasteiger partial charge on any atom is -0.492 e. The Morgan fingerprint density at radius 3 is 3.11 bits per heavy atom. The molecule has 0 saturated heterocycles. The SMILES string of the molecule is Cc1cccc(OCCNc2cn[nH]c(=O)c2Cl)c1. The van der Waals surface area contributed by atoms with Crippen molar-refractivity contribution in [3.8, 4) is 5.75 Å². The van der Waals surface area contributed by atoms with Gasteiger partial charge in [-0.1, -0.05) is 23.7 Å². The van der Waals surface area contributed by atoms with Gasteiger partial charge in [0.2, 0.25) is 0 Å². The minimum atomic E-state index is -0.411. The number of hydrogen-bond donors (Lipinski definition) is 2. The first-order valence-corrected chi connectivity index (χ1v) is 6.21. The zero-order valence-electron chi connectivity index (χ0n) is 10.4. The van der Waals surface area contributed by atoms with Crippen molar-refractivity contribution in [1.82, 2.24) is 10.2 Å². The Kier molecular flexibility index (Phi) is 4.41. The van der Waals surface area contributed by atoms with Gasteiger partial charge in [-0.05, 0) is 24.6 Å². The molecule has 2 aromatic rings. The molecular weight excluding hydrogens is 266 g/mol. The van der Waals surface area contributed by atoms with Gasteiger partial charge >= 0.3 is 0 Å². The number of nitrogens with one attached hydrogen (secondary N) is 2. The number of ether oxygens (including phenoxy) is 1. The van der Waals surface area contributed by atoms with Crippen molar-refractivity contribution in [3.05, 3.63) is 51.4 Å². The molecule has 6 heteroatoms. The summed E-state index contributed by atoms with van der Waals surface area (Å²) in [5.41, 5.74) is 1.23. The van der Waals surface area contributed by atoms with Crippen molar-refractivity contribution in [1.29, 1.82) is 0 Å². The fraction of sp³-hybridized carbons (Fsp3) is 0.231. The van der Waals surface area contributed by atoms with Gasteiger partial charge in [-0.25, -0.2) is 5.10 Å². The van der Waals surface area contributed by atoms with Crippen LogP contribution in [-0.2, 0) is 0 Å². The second-order valence-corrected chi connectivity index (χ2v) is 4.40. The summed E-state index contributed by atoms with van der Waals surface area (Å²) in [5, 5.41) is 9.02. The number of anilines is 1. The van der Waals surface area contributed by atoms with Crippen LogP contribution in [0.25, 0.3) is 0 Å². The lowest BCUT2D eigenvalue weighted by Gasteiger charge is -2.09. The molecule has 0 unspecified atom stereocenters. The van der Waals surface area contributed by atoms with Crippen LogP contribution in [0.2, 0.25) is 5.02 Å². The molecule has 1 aromatic heterocycles. The lowest BCUT2D eigenvalue weighted by Crippen LogP contribution is -2.16. The number of aryl methyl sites for hydroxylation is 1. The third-order valence-corrected chi connectivity index (χ3v) is 2.85. The standard InChI is InChI=1S/C13H14ClN3O2/c1-9-3-2-4-10(7-9)19-6-5-15-11-8-16-17-13(18)12(11)14/h2-4,7-8H,5-6H2,1H3,(H2,15,17,18). The number of aromatic nitrogens is 2. The normalized spacial score (nSPS) is 10.2. The summed E-state index contributed by atoms with van der Waals surface area (Å²) in [5.74, 6) is 0.817. The highest BCUT2D eigenvalue weighted by Crippen LogP contribution is 2.14. The third-order valence-electron chi connectivity index (χ3n) is 2.47. The van der Waals surface area contributed by atoms with E-state index in [0.29, 0.717) is 18.8 Å². The highest BCUT2D eigenvalue weighted by Gasteiger charge is 2.03. The zero-order chi connectivity index (χ0) is 13.7. The van der Waals surface area contributed by atoms with Crippen molar-refractivity contribution >= 4 is 17.3 Å². The molecular formula is C13H14ClN3O2. The highest BCUT2D eigenvalue weighted by atomic mass is 35.5. The first kappa shape index (κ1) is 13.4. The monoisotopic (exact) mass is 279 g/mol. The lowest BCUT2D eigenvalue weighted by molar-refractivity contribution is 0.332. The molecule has 0 aliphatic rings. The summed E-state index contributed by atoms with van der Waals surface area (Å²) in [6.07, 6.45) is 1.47. The van der Waals surface area contributed by atoms with Crippen molar-refractivity contribution in [2.45, 2.75) is 6.92 Å². The fourth-order valence-corrected chi connectivity index (χ4v) is 1.72. The summed E-state index contributed by atoms with van der Waals surface area (Å²) >= 11 is 5.82. The second-order valence-electron chi connectivity index (χ2n) is 4.02. The van der Waals surface area contributed by atoms with Crippen LogP contribution in [-0.4, -0.2) is 23.3 Å². The summed E-state index contributed by atoms with van der Waals surface area (Å²) in [6.45, 7) is 3.00. The number of hydrogen-bond acceptors (Lipinski definition) is 4. The number of benzene rings is 1. The molecule has 2 rings (SSSR count). The van der Waals surface area contributed by atoms with Crippen LogP contribution in [0.3, 0.4) is 0 Å². The zero-order valence-corrected chi connectivity index (χ0v) is 11.2. The Morgan fingerprint density at radius 1 is 1.47 bits per heavy atom. The summed E-state index contributed by atoms with van der Waals surface area (Å²) in [7, 11) is 0. The van der Waals surface area contributed by atoms with Gasteiger partial charge in [-0.2, -0.15) is 5.10 Å². The van der Waals surface area contributed by atoms with Crippen LogP contribution >= 0.6 is 11.6 Å². The third kappa shape index (κ3) is 3.72. The number of H-pyrrole nitrogens is 1. The van der Waals surface area contributed by atoms with E-state index in [9.17, 15) is 4.79 Å². The predicted octanol–water partition coefficient (Wildman–Crippen LogP) is 2.22. The average Bonchev–Trinajstić information content (AvgIpc) is 2.39. The van der Waals surface area contributed by atoms with Gasteiger partial charge < -0.3 is 10.1 Å². The molecule has 0 aliphatic carbocycles. The minimum absolute atomic E-state index is 0.102. The topological polar surface area (TPSA) is 67.0 Å².